The Hall–Kier alpha value is -1.58. The van der Waals surface area contributed by atoms with Crippen LogP contribution in [0.25, 0.3) is 11.2 Å². The lowest BCUT2D eigenvalue weighted by molar-refractivity contribution is 0.791. The summed E-state index contributed by atoms with van der Waals surface area (Å²) in [6, 6.07) is 1.93. The van der Waals surface area contributed by atoms with Gasteiger partial charge in [0.25, 0.3) is 0 Å². The van der Waals surface area contributed by atoms with Gasteiger partial charge in [-0.3, -0.25) is 4.98 Å². The van der Waals surface area contributed by atoms with Gasteiger partial charge in [0.15, 0.2) is 5.65 Å². The lowest BCUT2D eigenvalue weighted by Gasteiger charge is -2.02. The maximum Gasteiger partial charge on any atom is 0.200 e. The van der Waals surface area contributed by atoms with E-state index in [2.05, 4.69) is 34.0 Å². The van der Waals surface area contributed by atoms with Crippen molar-refractivity contribution < 1.29 is 0 Å². The van der Waals surface area contributed by atoms with E-state index in [1.807, 2.05) is 6.07 Å². The van der Waals surface area contributed by atoms with E-state index >= 15 is 0 Å². The zero-order valence-corrected chi connectivity index (χ0v) is 7.60. The highest BCUT2D eigenvalue weighted by molar-refractivity contribution is 5.68. The van der Waals surface area contributed by atoms with E-state index in [0.29, 0.717) is 11.6 Å². The minimum Gasteiger partial charge on any atom is -0.251 e. The highest BCUT2D eigenvalue weighted by atomic mass is 15.1. The van der Waals surface area contributed by atoms with E-state index in [1.54, 1.807) is 12.4 Å². The van der Waals surface area contributed by atoms with E-state index in [0.717, 1.165) is 11.2 Å². The van der Waals surface area contributed by atoms with Crippen LogP contribution in [0.4, 0.5) is 0 Å². The van der Waals surface area contributed by atoms with E-state index in [-0.39, 0.29) is 0 Å². The van der Waals surface area contributed by atoms with Crippen molar-refractivity contribution in [2.45, 2.75) is 19.8 Å². The first-order chi connectivity index (χ1) is 6.27. The summed E-state index contributed by atoms with van der Waals surface area (Å²) in [5.41, 5.74) is 2.36. The van der Waals surface area contributed by atoms with Gasteiger partial charge in [-0.05, 0) is 12.0 Å². The number of nitrogens with zero attached hydrogens (tertiary/aromatic N) is 4. The average molecular weight is 174 g/mol. The fourth-order valence-corrected chi connectivity index (χ4v) is 1.08. The van der Waals surface area contributed by atoms with Gasteiger partial charge in [0.1, 0.15) is 5.52 Å². The van der Waals surface area contributed by atoms with Gasteiger partial charge in [-0.1, -0.05) is 13.8 Å². The zero-order valence-electron chi connectivity index (χ0n) is 7.60. The summed E-state index contributed by atoms with van der Waals surface area (Å²) in [4.78, 5) is 8.20. The molecule has 2 rings (SSSR count). The molecule has 66 valence electrons. The van der Waals surface area contributed by atoms with Crippen molar-refractivity contribution in [1.82, 2.24) is 20.2 Å². The molecule has 0 bridgehead atoms. The van der Waals surface area contributed by atoms with E-state index in [1.165, 1.54) is 0 Å². The van der Waals surface area contributed by atoms with Crippen molar-refractivity contribution in [2.75, 3.05) is 0 Å². The van der Waals surface area contributed by atoms with Gasteiger partial charge in [0.2, 0.25) is 0 Å². The second-order valence-electron chi connectivity index (χ2n) is 3.19. The second kappa shape index (κ2) is 3.05. The SMILES string of the molecule is CC(C)c1cc2nccnc2nn1. The van der Waals surface area contributed by atoms with Crippen molar-refractivity contribution in [3.63, 3.8) is 0 Å². The molecule has 4 nitrogen and oxygen atoms in total. The molecule has 2 aromatic rings. The Bertz CT molecular complexity index is 425. The van der Waals surface area contributed by atoms with E-state index in [4.69, 9.17) is 0 Å². The average Bonchev–Trinajstić information content (AvgIpc) is 2.17. The lowest BCUT2D eigenvalue weighted by Crippen LogP contribution is -1.97. The number of rotatable bonds is 1. The first-order valence-corrected chi connectivity index (χ1v) is 4.21. The fraction of sp³-hybridized carbons (Fsp3) is 0.333. The Morgan fingerprint density at radius 2 is 1.85 bits per heavy atom. The molecule has 0 aliphatic heterocycles. The Morgan fingerprint density at radius 3 is 2.62 bits per heavy atom. The van der Waals surface area contributed by atoms with Gasteiger partial charge in [-0.25, -0.2) is 4.98 Å². The van der Waals surface area contributed by atoms with Crippen molar-refractivity contribution >= 4 is 11.2 Å². The molecule has 0 N–H and O–H groups in total. The van der Waals surface area contributed by atoms with Gasteiger partial charge < -0.3 is 0 Å². The van der Waals surface area contributed by atoms with Crippen molar-refractivity contribution in [1.29, 1.82) is 0 Å². The molecule has 2 heterocycles. The summed E-state index contributed by atoms with van der Waals surface area (Å²) in [5.74, 6) is 0.374. The molecular weight excluding hydrogens is 164 g/mol. The Labute approximate surface area is 76.1 Å². The van der Waals surface area contributed by atoms with Crippen LogP contribution in [0, 0.1) is 0 Å². The molecule has 2 aromatic heterocycles. The molecule has 0 fully saturated rings. The van der Waals surface area contributed by atoms with Crippen LogP contribution in [0.5, 0.6) is 0 Å². The third-order valence-corrected chi connectivity index (χ3v) is 1.84. The molecule has 0 aliphatic rings. The monoisotopic (exact) mass is 174 g/mol. The summed E-state index contributed by atoms with van der Waals surface area (Å²) in [7, 11) is 0. The number of hydrogen-bond donors (Lipinski definition) is 0. The molecule has 0 saturated carbocycles. The predicted octanol–water partition coefficient (Wildman–Crippen LogP) is 1.54. The van der Waals surface area contributed by atoms with E-state index in [9.17, 15) is 0 Å². The molecule has 0 radical (unpaired) electrons. The zero-order chi connectivity index (χ0) is 9.26. The van der Waals surface area contributed by atoms with Crippen LogP contribution in [-0.2, 0) is 0 Å². The van der Waals surface area contributed by atoms with Crippen LogP contribution in [-0.4, -0.2) is 20.2 Å². The number of aromatic nitrogens is 4. The molecule has 0 aromatic carbocycles. The van der Waals surface area contributed by atoms with Gasteiger partial charge in [0.05, 0.1) is 5.69 Å². The third-order valence-electron chi connectivity index (χ3n) is 1.84. The minimum absolute atomic E-state index is 0.374. The molecule has 0 saturated heterocycles. The third kappa shape index (κ3) is 1.47. The highest BCUT2D eigenvalue weighted by Gasteiger charge is 2.03. The van der Waals surface area contributed by atoms with Gasteiger partial charge in [0, 0.05) is 12.4 Å². The molecule has 0 unspecified atom stereocenters. The largest absolute Gasteiger partial charge is 0.251 e. The van der Waals surface area contributed by atoms with Crippen LogP contribution in [0.2, 0.25) is 0 Å². The minimum atomic E-state index is 0.374. The molecule has 0 aliphatic carbocycles. The normalized spacial score (nSPS) is 11.0. The smallest absolute Gasteiger partial charge is 0.200 e. The Kier molecular flexibility index (Phi) is 1.88. The van der Waals surface area contributed by atoms with Crippen LogP contribution in [0.3, 0.4) is 0 Å². The summed E-state index contributed by atoms with van der Waals surface area (Å²) >= 11 is 0. The first kappa shape index (κ1) is 8.04. The summed E-state index contributed by atoms with van der Waals surface area (Å²) in [5, 5.41) is 8.03. The van der Waals surface area contributed by atoms with Crippen LogP contribution >= 0.6 is 0 Å². The molecular formula is C9H10N4. The molecule has 4 heteroatoms. The van der Waals surface area contributed by atoms with Crippen LogP contribution < -0.4 is 0 Å². The molecule has 0 amide bonds. The van der Waals surface area contributed by atoms with Gasteiger partial charge in [-0.15, -0.1) is 5.10 Å². The van der Waals surface area contributed by atoms with Crippen LogP contribution in [0.15, 0.2) is 18.5 Å². The van der Waals surface area contributed by atoms with Crippen molar-refractivity contribution in [3.8, 4) is 0 Å². The van der Waals surface area contributed by atoms with Gasteiger partial charge in [-0.2, -0.15) is 5.10 Å². The standard InChI is InChI=1S/C9H10N4/c1-6(2)7-5-8-9(13-12-7)11-4-3-10-8/h3-6H,1-2H3. The maximum atomic E-state index is 4.16. The van der Waals surface area contributed by atoms with Crippen molar-refractivity contribution in [2.24, 2.45) is 0 Å². The highest BCUT2D eigenvalue weighted by Crippen LogP contribution is 2.13. The summed E-state index contributed by atoms with van der Waals surface area (Å²) < 4.78 is 0. The number of fused-ring (bicyclic) bond motifs is 1. The fourth-order valence-electron chi connectivity index (χ4n) is 1.08. The van der Waals surface area contributed by atoms with Crippen LogP contribution in [0.1, 0.15) is 25.5 Å². The Morgan fingerprint density at radius 1 is 1.08 bits per heavy atom. The van der Waals surface area contributed by atoms with Gasteiger partial charge >= 0.3 is 0 Å². The molecule has 0 spiro atoms. The topological polar surface area (TPSA) is 51.6 Å². The van der Waals surface area contributed by atoms with Crippen molar-refractivity contribution in [3.05, 3.63) is 24.2 Å². The van der Waals surface area contributed by atoms with E-state index < -0.39 is 0 Å². The molecule has 13 heavy (non-hydrogen) atoms. The molecule has 0 atom stereocenters. The number of hydrogen-bond acceptors (Lipinski definition) is 4. The quantitative estimate of drug-likeness (QED) is 0.658. The Balaban J connectivity index is 2.62. The first-order valence-electron chi connectivity index (χ1n) is 4.21. The second-order valence-corrected chi connectivity index (χ2v) is 3.19. The predicted molar refractivity (Wildman–Crippen MR) is 49.2 cm³/mol. The summed E-state index contributed by atoms with van der Waals surface area (Å²) in [6.45, 7) is 4.15. The summed E-state index contributed by atoms with van der Waals surface area (Å²) in [6.07, 6.45) is 3.28. The maximum absolute atomic E-state index is 4.16. The lowest BCUT2D eigenvalue weighted by atomic mass is 10.1.